The highest BCUT2D eigenvalue weighted by atomic mass is 35.5. The number of anilines is 4. The smallest absolute Gasteiger partial charge is 0.324 e. The Morgan fingerprint density at radius 1 is 0.301 bits per heavy atom. The number of likely N-dealkylation sites (N-methyl/N-ethyl adjacent to an activating group) is 4. The number of fused-ring (bicyclic) bond motifs is 4. The summed E-state index contributed by atoms with van der Waals surface area (Å²) in [6, 6.07) is 59.7. The maximum absolute atomic E-state index is 12.9. The van der Waals surface area contributed by atoms with Crippen LogP contribution in [0.25, 0.3) is 0 Å². The second-order valence-corrected chi connectivity index (χ2v) is 40.2. The fraction of sp³-hybridized carbons (Fsp3) is 0.360. The molecule has 0 radical (unpaired) electrons. The average Bonchev–Trinajstić information content (AvgIpc) is 1.59. The summed E-state index contributed by atoms with van der Waals surface area (Å²) < 4.78 is -3.21. The van der Waals surface area contributed by atoms with Gasteiger partial charge >= 0.3 is 24.1 Å². The summed E-state index contributed by atoms with van der Waals surface area (Å²) in [5.74, 6) is -3.18. The van der Waals surface area contributed by atoms with E-state index in [-0.39, 0.29) is 134 Å². The van der Waals surface area contributed by atoms with E-state index in [1.165, 1.54) is 40.5 Å². The van der Waals surface area contributed by atoms with Gasteiger partial charge in [0, 0.05) is 165 Å². The van der Waals surface area contributed by atoms with Gasteiger partial charge in [-0.05, 0) is 141 Å². The molecule has 20 rings (SSSR count). The Morgan fingerprint density at radius 3 is 0.757 bits per heavy atom. The van der Waals surface area contributed by atoms with Gasteiger partial charge in [0.2, 0.25) is 35.4 Å². The summed E-state index contributed by atoms with van der Waals surface area (Å²) in [7, 11) is 6.49. The highest BCUT2D eigenvalue weighted by molar-refractivity contribution is 6.59. The number of nitrogens with zero attached hydrogens (tertiary/aromatic N) is 8. The van der Waals surface area contributed by atoms with Crippen molar-refractivity contribution in [2.24, 2.45) is 0 Å². The Morgan fingerprint density at radius 2 is 0.522 bits per heavy atom. The van der Waals surface area contributed by atoms with Gasteiger partial charge in [-0.25, -0.2) is 19.2 Å². The molecule has 136 heavy (non-hydrogen) atoms. The molecular weight excluding hydrogens is 1820 g/mol. The standard InChI is InChI=1S/2C25H24Cl2N4O4.2C25H26N4O4/c2*1-30-23(35)29-21(33)24(30)10-16-7-8-19(9-17(16)11-24)28-20(32)14-31-13-18(12-25(26,27)22(31)34)15-5-3-2-4-6-15;2*1-28-24(33)27-23(32)25(28)12-17-7-9-20(11-19(17)13-25)26-21(30)15-29-14-18(8-10-22(29)31)16-5-3-2-4-6-16/h2*2-9,18H,10-14H2,1H3,(H,28,32)(H,29,33,35);2*2-7,9,11,18H,8,10,12-15H2,1H3,(H,26,30)(H,27,32,33). The topological polar surface area (TPSA) is 395 Å². The van der Waals surface area contributed by atoms with E-state index in [1.807, 2.05) is 146 Å². The molecule has 704 valence electrons. The van der Waals surface area contributed by atoms with Crippen LogP contribution in [0.15, 0.2) is 194 Å². The lowest BCUT2D eigenvalue weighted by atomic mass is 9.89. The number of hydrogen-bond donors (Lipinski definition) is 8. The zero-order chi connectivity index (χ0) is 96.2. The van der Waals surface area contributed by atoms with Gasteiger partial charge in [-0.1, -0.05) is 192 Å². The molecule has 20 amide bonds. The van der Waals surface area contributed by atoms with Gasteiger partial charge in [-0.2, -0.15) is 0 Å². The van der Waals surface area contributed by atoms with Gasteiger partial charge in [-0.3, -0.25) is 78.8 Å². The van der Waals surface area contributed by atoms with Gasteiger partial charge in [0.05, 0.1) is 26.2 Å². The second-order valence-electron chi connectivity index (χ2n) is 37.2. The molecule has 32 nitrogen and oxygen atoms in total. The number of imide groups is 4. The molecule has 12 aliphatic rings. The van der Waals surface area contributed by atoms with Crippen molar-refractivity contribution in [3.8, 4) is 0 Å². The molecule has 8 N–H and O–H groups in total. The van der Waals surface area contributed by atoms with Crippen LogP contribution in [-0.4, -0.2) is 246 Å². The van der Waals surface area contributed by atoms with E-state index in [0.29, 0.717) is 113 Å². The molecule has 0 aromatic heterocycles. The molecule has 8 unspecified atom stereocenters. The van der Waals surface area contributed by atoms with E-state index >= 15 is 0 Å². The van der Waals surface area contributed by atoms with E-state index in [0.717, 1.165) is 68.5 Å². The largest absolute Gasteiger partial charge is 0.333 e. The number of likely N-dealkylation sites (tertiary alicyclic amines) is 4. The number of piperidine rings is 4. The molecule has 8 aromatic rings. The molecule has 0 saturated carbocycles. The van der Waals surface area contributed by atoms with Crippen LogP contribution in [0.5, 0.6) is 0 Å². The highest BCUT2D eigenvalue weighted by Gasteiger charge is 2.59. The number of hydrogen-bond acceptors (Lipinski definition) is 16. The van der Waals surface area contributed by atoms with Crippen molar-refractivity contribution in [3.63, 3.8) is 0 Å². The van der Waals surface area contributed by atoms with E-state index in [4.69, 9.17) is 46.4 Å². The molecule has 0 bridgehead atoms. The third-order valence-electron chi connectivity index (χ3n) is 28.7. The Labute approximate surface area is 803 Å². The van der Waals surface area contributed by atoms with Crippen LogP contribution in [0, 0.1) is 0 Å². The first-order valence-electron chi connectivity index (χ1n) is 45.0. The predicted octanol–water partition coefficient (Wildman–Crippen LogP) is 9.77. The van der Waals surface area contributed by atoms with Gasteiger partial charge in [0.25, 0.3) is 35.4 Å². The van der Waals surface area contributed by atoms with E-state index in [9.17, 15) is 76.7 Å². The van der Waals surface area contributed by atoms with E-state index in [2.05, 4.69) is 66.8 Å². The average molecular weight is 1920 g/mol. The van der Waals surface area contributed by atoms with Crippen molar-refractivity contribution in [1.29, 1.82) is 0 Å². The molecule has 8 fully saturated rings. The normalized spacial score (nSPS) is 24.7. The molecule has 8 aliphatic heterocycles. The Kier molecular flexibility index (Phi) is 26.1. The lowest BCUT2D eigenvalue weighted by Crippen LogP contribution is -2.52. The minimum absolute atomic E-state index is 0.00281. The van der Waals surface area contributed by atoms with Crippen LogP contribution in [0.2, 0.25) is 0 Å². The van der Waals surface area contributed by atoms with Crippen LogP contribution in [0.3, 0.4) is 0 Å². The molecule has 4 aliphatic carbocycles. The zero-order valence-electron chi connectivity index (χ0n) is 75.0. The van der Waals surface area contributed by atoms with Gasteiger partial charge in [0.15, 0.2) is 8.67 Å². The fourth-order valence-electron chi connectivity index (χ4n) is 21.0. The van der Waals surface area contributed by atoms with Gasteiger partial charge < -0.3 is 60.5 Å². The number of nitrogens with one attached hydrogen (secondary N) is 8. The number of carbonyl (C=O) groups is 16. The minimum atomic E-state index is -1.60. The van der Waals surface area contributed by atoms with E-state index in [1.54, 1.807) is 62.3 Å². The predicted molar refractivity (Wildman–Crippen MR) is 506 cm³/mol. The Balaban J connectivity index is 0.000000126. The van der Waals surface area contributed by atoms with Gasteiger partial charge in [-0.15, -0.1) is 0 Å². The second kappa shape index (κ2) is 37.6. The fourth-order valence-corrected chi connectivity index (χ4v) is 22.2. The number of alkyl halides is 4. The van der Waals surface area contributed by atoms with Crippen LogP contribution >= 0.6 is 46.4 Å². The molecule has 36 heteroatoms. The maximum atomic E-state index is 12.9. The van der Waals surface area contributed by atoms with Crippen LogP contribution < -0.4 is 42.5 Å². The zero-order valence-corrected chi connectivity index (χ0v) is 78.0. The summed E-state index contributed by atoms with van der Waals surface area (Å²) in [5.41, 5.74) is 10.6. The molecule has 4 spiro atoms. The quantitative estimate of drug-likeness (QED) is 0.0329. The number of benzene rings is 8. The first kappa shape index (κ1) is 94.2. The highest BCUT2D eigenvalue weighted by Crippen LogP contribution is 2.47. The summed E-state index contributed by atoms with van der Waals surface area (Å²) in [6.45, 7) is 1.34. The summed E-state index contributed by atoms with van der Waals surface area (Å²) in [5, 5.41) is 21.0. The molecular formula is C100H100Cl4N16O16. The van der Waals surface area contributed by atoms with Crippen molar-refractivity contribution >= 4 is 164 Å². The van der Waals surface area contributed by atoms with Crippen molar-refractivity contribution in [2.45, 2.75) is 144 Å². The first-order chi connectivity index (χ1) is 64.9. The van der Waals surface area contributed by atoms with Crippen molar-refractivity contribution < 1.29 is 76.7 Å². The van der Waals surface area contributed by atoms with Gasteiger partial charge in [0.1, 0.15) is 22.2 Å². The number of urea groups is 4. The third-order valence-corrected chi connectivity index (χ3v) is 30.0. The Hall–Kier alpha value is -13.6. The molecule has 8 heterocycles. The SMILES string of the molecule is CN1C(=O)NC(=O)C12Cc1ccc(NC(=O)CN3CC(c4ccccc4)CC(Cl)(Cl)C3=O)cc1C2.CN1C(=O)NC(=O)C12Cc1ccc(NC(=O)CN3CC(c4ccccc4)CC(Cl)(Cl)C3=O)cc1C2.CN1C(=O)NC(=O)C12Cc1ccc(NC(=O)CN3CC(c4ccccc4)CCC3=O)cc1C2.CN1C(=O)NC(=O)C12Cc1ccc(NC(=O)CN3CC(c4ccccc4)CCC3=O)cc1C2. The molecule has 8 saturated heterocycles. The van der Waals surface area contributed by atoms with Crippen LogP contribution in [-0.2, 0) is 109 Å². The number of rotatable bonds is 16. The number of halogens is 4. The molecule has 8 atom stereocenters. The van der Waals surface area contributed by atoms with Crippen LogP contribution in [0.1, 0.15) is 129 Å². The molecule has 8 aromatic carbocycles. The third kappa shape index (κ3) is 18.8. The van der Waals surface area contributed by atoms with E-state index < -0.39 is 54.7 Å². The monoisotopic (exact) mass is 1920 g/mol. The minimum Gasteiger partial charge on any atom is -0.333 e. The first-order valence-corrected chi connectivity index (χ1v) is 46.5. The van der Waals surface area contributed by atoms with Crippen molar-refractivity contribution in [3.05, 3.63) is 261 Å². The van der Waals surface area contributed by atoms with Crippen LogP contribution in [0.4, 0.5) is 41.9 Å². The van der Waals surface area contributed by atoms with Crippen molar-refractivity contribution in [2.75, 3.05) is 102 Å². The Bertz CT molecular complexity index is 5890. The number of carbonyl (C=O) groups excluding carboxylic acids is 16. The van der Waals surface area contributed by atoms with Crippen molar-refractivity contribution in [1.82, 2.24) is 60.5 Å². The summed E-state index contributed by atoms with van der Waals surface area (Å²) in [4.78, 5) is 211. The lowest BCUT2D eigenvalue weighted by molar-refractivity contribution is -0.138. The number of amides is 20. The summed E-state index contributed by atoms with van der Waals surface area (Å²) >= 11 is 25.4. The summed E-state index contributed by atoms with van der Waals surface area (Å²) in [6.07, 6.45) is 6.27. The maximum Gasteiger partial charge on any atom is 0.324 e. The lowest BCUT2D eigenvalue weighted by Gasteiger charge is -2.38.